The van der Waals surface area contributed by atoms with Gasteiger partial charge in [0.2, 0.25) is 0 Å². The molecule has 7 heteroatoms. The summed E-state index contributed by atoms with van der Waals surface area (Å²) in [6.45, 7) is 7.67. The molecule has 2 aromatic rings. The quantitative estimate of drug-likeness (QED) is 0.679. The maximum atomic E-state index is 12.1. The fraction of sp³-hybridized carbons (Fsp3) is 0.500. The van der Waals surface area contributed by atoms with Crippen molar-refractivity contribution in [2.75, 3.05) is 0 Å². The van der Waals surface area contributed by atoms with Crippen molar-refractivity contribution in [1.82, 2.24) is 29.5 Å². The predicted molar refractivity (Wildman–Crippen MR) is 59.7 cm³/mol. The standard InChI is InChI=1S/C10H14N6O/c1-7-13-8(10(2,3)4)16(14-7)9(17)15-6-11-5-12-15/h5-6H,1-4H3. The molecule has 0 atom stereocenters. The fourth-order valence-electron chi connectivity index (χ4n) is 1.44. The molecule has 2 rings (SSSR count). The lowest BCUT2D eigenvalue weighted by Crippen LogP contribution is -2.28. The smallest absolute Gasteiger partial charge is 0.243 e. The Bertz CT molecular complexity index is 534. The van der Waals surface area contributed by atoms with Crippen LogP contribution in [0.4, 0.5) is 4.79 Å². The third-order valence-corrected chi connectivity index (χ3v) is 2.18. The van der Waals surface area contributed by atoms with Gasteiger partial charge in [-0.25, -0.2) is 14.8 Å². The molecule has 2 aromatic heterocycles. The molecule has 0 aliphatic carbocycles. The van der Waals surface area contributed by atoms with Gasteiger partial charge in [-0.1, -0.05) is 20.8 Å². The zero-order chi connectivity index (χ0) is 12.6. The van der Waals surface area contributed by atoms with Gasteiger partial charge in [-0.05, 0) is 6.92 Å². The lowest BCUT2D eigenvalue weighted by atomic mass is 9.96. The second-order valence-corrected chi connectivity index (χ2v) is 4.77. The van der Waals surface area contributed by atoms with Crippen LogP contribution in [-0.4, -0.2) is 35.6 Å². The van der Waals surface area contributed by atoms with Gasteiger partial charge >= 0.3 is 6.03 Å². The highest BCUT2D eigenvalue weighted by Crippen LogP contribution is 2.20. The Balaban J connectivity index is 2.49. The van der Waals surface area contributed by atoms with Crippen LogP contribution in [0.25, 0.3) is 0 Å². The molecule has 0 fully saturated rings. The van der Waals surface area contributed by atoms with Crippen LogP contribution < -0.4 is 0 Å². The van der Waals surface area contributed by atoms with E-state index in [9.17, 15) is 4.79 Å². The van der Waals surface area contributed by atoms with E-state index in [2.05, 4.69) is 20.2 Å². The van der Waals surface area contributed by atoms with Gasteiger partial charge < -0.3 is 0 Å². The average Bonchev–Trinajstić information content (AvgIpc) is 2.83. The molecule has 0 spiro atoms. The SMILES string of the molecule is Cc1nc(C(C)(C)C)n(C(=O)n2cncn2)n1. The first-order chi connectivity index (χ1) is 7.89. The Morgan fingerprint density at radius 2 is 2.06 bits per heavy atom. The van der Waals surface area contributed by atoms with E-state index < -0.39 is 0 Å². The van der Waals surface area contributed by atoms with Gasteiger partial charge in [0.1, 0.15) is 24.3 Å². The molecule has 0 amide bonds. The molecule has 0 N–H and O–H groups in total. The second kappa shape index (κ2) is 3.76. The lowest BCUT2D eigenvalue weighted by Gasteiger charge is -2.16. The Kier molecular flexibility index (Phi) is 2.53. The van der Waals surface area contributed by atoms with Gasteiger partial charge in [0.25, 0.3) is 0 Å². The normalized spacial score (nSPS) is 11.8. The minimum Gasteiger partial charge on any atom is -0.243 e. The summed E-state index contributed by atoms with van der Waals surface area (Å²) in [5.74, 6) is 1.17. The van der Waals surface area contributed by atoms with Gasteiger partial charge in [0, 0.05) is 5.41 Å². The zero-order valence-electron chi connectivity index (χ0n) is 10.2. The molecule has 2 heterocycles. The molecule has 0 aliphatic heterocycles. The van der Waals surface area contributed by atoms with Crippen molar-refractivity contribution in [3.63, 3.8) is 0 Å². The summed E-state index contributed by atoms with van der Waals surface area (Å²) in [6.07, 6.45) is 2.64. The van der Waals surface area contributed by atoms with Gasteiger partial charge in [-0.15, -0.1) is 5.10 Å². The first-order valence-electron chi connectivity index (χ1n) is 5.23. The number of aryl methyl sites for hydroxylation is 1. The topological polar surface area (TPSA) is 78.5 Å². The van der Waals surface area contributed by atoms with Crippen LogP contribution in [0.15, 0.2) is 12.7 Å². The number of hydrogen-bond donors (Lipinski definition) is 0. The highest BCUT2D eigenvalue weighted by molar-refractivity contribution is 5.77. The summed E-state index contributed by atoms with van der Waals surface area (Å²) in [5.41, 5.74) is -0.266. The zero-order valence-corrected chi connectivity index (χ0v) is 10.2. The monoisotopic (exact) mass is 234 g/mol. The van der Waals surface area contributed by atoms with Crippen molar-refractivity contribution in [3.8, 4) is 0 Å². The molecule has 0 saturated carbocycles. The molecule has 7 nitrogen and oxygen atoms in total. The van der Waals surface area contributed by atoms with Crippen LogP contribution >= 0.6 is 0 Å². The van der Waals surface area contributed by atoms with Crippen molar-refractivity contribution < 1.29 is 4.79 Å². The molecule has 90 valence electrons. The van der Waals surface area contributed by atoms with Gasteiger partial charge in [0.05, 0.1) is 0 Å². The van der Waals surface area contributed by atoms with Crippen molar-refractivity contribution in [2.24, 2.45) is 0 Å². The van der Waals surface area contributed by atoms with Crippen LogP contribution in [0.5, 0.6) is 0 Å². The van der Waals surface area contributed by atoms with Crippen molar-refractivity contribution >= 4 is 6.03 Å². The van der Waals surface area contributed by atoms with Crippen molar-refractivity contribution in [2.45, 2.75) is 33.1 Å². The number of aromatic nitrogens is 6. The van der Waals surface area contributed by atoms with E-state index in [0.717, 1.165) is 4.68 Å². The molecule has 0 bridgehead atoms. The highest BCUT2D eigenvalue weighted by Gasteiger charge is 2.26. The van der Waals surface area contributed by atoms with E-state index >= 15 is 0 Å². The summed E-state index contributed by atoms with van der Waals surface area (Å²) >= 11 is 0. The van der Waals surface area contributed by atoms with Crippen LogP contribution in [0.1, 0.15) is 32.4 Å². The Morgan fingerprint density at radius 3 is 2.59 bits per heavy atom. The summed E-state index contributed by atoms with van der Waals surface area (Å²) in [5, 5.41) is 7.89. The van der Waals surface area contributed by atoms with E-state index in [4.69, 9.17) is 0 Å². The number of hydrogen-bond acceptors (Lipinski definition) is 5. The summed E-state index contributed by atoms with van der Waals surface area (Å²) in [4.78, 5) is 20.1. The van der Waals surface area contributed by atoms with Gasteiger partial charge in [-0.2, -0.15) is 14.5 Å². The van der Waals surface area contributed by atoms with Gasteiger partial charge in [-0.3, -0.25) is 0 Å². The summed E-state index contributed by atoms with van der Waals surface area (Å²) in [7, 11) is 0. The number of carbonyl (C=O) groups excluding carboxylic acids is 1. The molecular weight excluding hydrogens is 220 g/mol. The molecule has 0 aliphatic rings. The van der Waals surface area contributed by atoms with E-state index in [0.29, 0.717) is 11.6 Å². The molecule has 0 saturated heterocycles. The molecule has 17 heavy (non-hydrogen) atoms. The molecule has 0 aromatic carbocycles. The van der Waals surface area contributed by atoms with Gasteiger partial charge in [0.15, 0.2) is 0 Å². The summed E-state index contributed by atoms with van der Waals surface area (Å²) in [6, 6.07) is -0.381. The van der Waals surface area contributed by atoms with Crippen LogP contribution in [0.3, 0.4) is 0 Å². The Hall–Kier alpha value is -2.05. The highest BCUT2D eigenvalue weighted by atomic mass is 16.2. The number of carbonyl (C=O) groups is 1. The van der Waals surface area contributed by atoms with Crippen molar-refractivity contribution in [1.29, 1.82) is 0 Å². The third kappa shape index (κ3) is 2.08. The second-order valence-electron chi connectivity index (χ2n) is 4.77. The van der Waals surface area contributed by atoms with Crippen molar-refractivity contribution in [3.05, 3.63) is 24.3 Å². The number of rotatable bonds is 0. The number of nitrogens with zero attached hydrogens (tertiary/aromatic N) is 6. The minimum absolute atomic E-state index is 0.266. The maximum absolute atomic E-state index is 12.1. The molecular formula is C10H14N6O. The van der Waals surface area contributed by atoms with E-state index in [1.807, 2.05) is 20.8 Å². The molecule has 0 radical (unpaired) electrons. The van der Waals surface area contributed by atoms with E-state index in [1.54, 1.807) is 6.92 Å². The average molecular weight is 234 g/mol. The fourth-order valence-corrected chi connectivity index (χ4v) is 1.44. The molecule has 0 unspecified atom stereocenters. The first kappa shape index (κ1) is 11.4. The Labute approximate surface area is 98.5 Å². The largest absolute Gasteiger partial charge is 0.372 e. The Morgan fingerprint density at radius 1 is 1.35 bits per heavy atom. The van der Waals surface area contributed by atoms with Crippen LogP contribution in [-0.2, 0) is 5.41 Å². The summed E-state index contributed by atoms with van der Waals surface area (Å²) < 4.78 is 2.40. The minimum atomic E-state index is -0.381. The lowest BCUT2D eigenvalue weighted by molar-refractivity contribution is 0.235. The van der Waals surface area contributed by atoms with Crippen LogP contribution in [0, 0.1) is 6.92 Å². The first-order valence-corrected chi connectivity index (χ1v) is 5.23. The van der Waals surface area contributed by atoms with Crippen LogP contribution in [0.2, 0.25) is 0 Å². The van der Waals surface area contributed by atoms with E-state index in [-0.39, 0.29) is 11.4 Å². The maximum Gasteiger partial charge on any atom is 0.372 e. The third-order valence-electron chi connectivity index (χ3n) is 2.18. The van der Waals surface area contributed by atoms with E-state index in [1.165, 1.54) is 17.3 Å². The predicted octanol–water partition coefficient (Wildman–Crippen LogP) is 0.992.